The van der Waals surface area contributed by atoms with E-state index in [0.29, 0.717) is 18.4 Å². The van der Waals surface area contributed by atoms with Crippen LogP contribution >= 0.6 is 0 Å². The van der Waals surface area contributed by atoms with Crippen LogP contribution < -0.4 is 0 Å². The lowest BCUT2D eigenvalue weighted by Gasteiger charge is -2.45. The van der Waals surface area contributed by atoms with Crippen molar-refractivity contribution < 1.29 is 14.2 Å². The van der Waals surface area contributed by atoms with Crippen LogP contribution in [0.3, 0.4) is 0 Å². The molecule has 0 aromatic carbocycles. The average Bonchev–Trinajstić information content (AvgIpc) is 2.20. The lowest BCUT2D eigenvalue weighted by Crippen LogP contribution is -2.53. The summed E-state index contributed by atoms with van der Waals surface area (Å²) in [6, 6.07) is 0. The standard InChI is InChI=1S/C11H20O3/c1-4-9-5-13-10-6-12-8(3)14-11(10)7(9)2/h7-11H,4-6H2,1-3H3. The fourth-order valence-corrected chi connectivity index (χ4v) is 2.44. The van der Waals surface area contributed by atoms with Crippen LogP contribution in [0, 0.1) is 11.8 Å². The normalized spacial score (nSPS) is 48.6. The highest BCUT2D eigenvalue weighted by Crippen LogP contribution is 2.33. The van der Waals surface area contributed by atoms with Crippen LogP contribution in [0.2, 0.25) is 0 Å². The van der Waals surface area contributed by atoms with Crippen LogP contribution in [0.1, 0.15) is 27.2 Å². The van der Waals surface area contributed by atoms with Gasteiger partial charge in [-0.05, 0) is 18.8 Å². The van der Waals surface area contributed by atoms with E-state index in [1.165, 1.54) is 6.42 Å². The van der Waals surface area contributed by atoms with Crippen molar-refractivity contribution >= 4 is 0 Å². The largest absolute Gasteiger partial charge is 0.373 e. The predicted octanol–water partition coefficient (Wildman–Crippen LogP) is 1.81. The summed E-state index contributed by atoms with van der Waals surface area (Å²) in [6.07, 6.45) is 1.49. The van der Waals surface area contributed by atoms with Crippen LogP contribution in [-0.2, 0) is 14.2 Å². The summed E-state index contributed by atoms with van der Waals surface area (Å²) in [5.74, 6) is 1.23. The molecule has 0 N–H and O–H groups in total. The lowest BCUT2D eigenvalue weighted by molar-refractivity contribution is -0.288. The van der Waals surface area contributed by atoms with E-state index < -0.39 is 0 Å². The quantitative estimate of drug-likeness (QED) is 0.646. The molecule has 2 rings (SSSR count). The Morgan fingerprint density at radius 2 is 1.93 bits per heavy atom. The summed E-state index contributed by atoms with van der Waals surface area (Å²) >= 11 is 0. The summed E-state index contributed by atoms with van der Waals surface area (Å²) in [6.45, 7) is 7.99. The van der Waals surface area contributed by atoms with E-state index in [0.717, 1.165) is 6.61 Å². The Kier molecular flexibility index (Phi) is 3.10. The van der Waals surface area contributed by atoms with Gasteiger partial charge in [0.05, 0.1) is 19.3 Å². The predicted molar refractivity (Wildman–Crippen MR) is 53.0 cm³/mol. The molecule has 3 nitrogen and oxygen atoms in total. The second-order valence-electron chi connectivity index (χ2n) is 4.40. The molecular weight excluding hydrogens is 180 g/mol. The lowest BCUT2D eigenvalue weighted by atomic mass is 9.83. The summed E-state index contributed by atoms with van der Waals surface area (Å²) in [7, 11) is 0. The first-order valence-electron chi connectivity index (χ1n) is 5.61. The Labute approximate surface area is 85.7 Å². The SMILES string of the molecule is CCC1COC2COC(C)OC2C1C. The van der Waals surface area contributed by atoms with E-state index in [1.54, 1.807) is 0 Å². The van der Waals surface area contributed by atoms with Crippen molar-refractivity contribution in [3.05, 3.63) is 0 Å². The first-order chi connectivity index (χ1) is 6.72. The van der Waals surface area contributed by atoms with Crippen LogP contribution in [-0.4, -0.2) is 31.7 Å². The summed E-state index contributed by atoms with van der Waals surface area (Å²) in [4.78, 5) is 0. The van der Waals surface area contributed by atoms with E-state index in [4.69, 9.17) is 14.2 Å². The molecule has 0 aliphatic carbocycles. The number of hydrogen-bond donors (Lipinski definition) is 0. The number of rotatable bonds is 1. The highest BCUT2D eigenvalue weighted by atomic mass is 16.7. The molecule has 0 saturated carbocycles. The van der Waals surface area contributed by atoms with E-state index in [-0.39, 0.29) is 18.5 Å². The highest BCUT2D eigenvalue weighted by molar-refractivity contribution is 4.86. The van der Waals surface area contributed by atoms with Gasteiger partial charge in [-0.25, -0.2) is 0 Å². The molecule has 0 radical (unpaired) electrons. The molecule has 5 unspecified atom stereocenters. The van der Waals surface area contributed by atoms with Crippen molar-refractivity contribution in [3.8, 4) is 0 Å². The molecule has 14 heavy (non-hydrogen) atoms. The van der Waals surface area contributed by atoms with Gasteiger partial charge in [0, 0.05) is 0 Å². The minimum absolute atomic E-state index is 0.0714. The van der Waals surface area contributed by atoms with Crippen LogP contribution in [0.4, 0.5) is 0 Å². The molecule has 5 atom stereocenters. The van der Waals surface area contributed by atoms with Gasteiger partial charge in [-0.15, -0.1) is 0 Å². The van der Waals surface area contributed by atoms with Crippen molar-refractivity contribution in [2.45, 2.75) is 45.7 Å². The molecule has 0 bridgehead atoms. The maximum Gasteiger partial charge on any atom is 0.155 e. The minimum Gasteiger partial charge on any atom is -0.373 e. The molecule has 2 heterocycles. The third kappa shape index (κ3) is 1.81. The number of ether oxygens (including phenoxy) is 3. The maximum atomic E-state index is 5.79. The molecule has 2 saturated heterocycles. The molecule has 0 spiro atoms. The Morgan fingerprint density at radius 3 is 2.64 bits per heavy atom. The van der Waals surface area contributed by atoms with E-state index >= 15 is 0 Å². The molecule has 2 fully saturated rings. The maximum absolute atomic E-state index is 5.79. The molecule has 0 aromatic heterocycles. The zero-order chi connectivity index (χ0) is 10.1. The highest BCUT2D eigenvalue weighted by Gasteiger charge is 2.41. The van der Waals surface area contributed by atoms with Crippen molar-refractivity contribution in [2.75, 3.05) is 13.2 Å². The third-order valence-electron chi connectivity index (χ3n) is 3.52. The third-order valence-corrected chi connectivity index (χ3v) is 3.52. The van der Waals surface area contributed by atoms with Crippen LogP contribution in [0.5, 0.6) is 0 Å². The second kappa shape index (κ2) is 4.17. The van der Waals surface area contributed by atoms with Gasteiger partial charge in [0.25, 0.3) is 0 Å². The van der Waals surface area contributed by atoms with Crippen molar-refractivity contribution in [1.29, 1.82) is 0 Å². The summed E-state index contributed by atoms with van der Waals surface area (Å²) < 4.78 is 17.0. The van der Waals surface area contributed by atoms with Gasteiger partial charge in [-0.3, -0.25) is 0 Å². The van der Waals surface area contributed by atoms with Crippen molar-refractivity contribution in [2.24, 2.45) is 11.8 Å². The van der Waals surface area contributed by atoms with Gasteiger partial charge in [0.2, 0.25) is 0 Å². The van der Waals surface area contributed by atoms with Gasteiger partial charge < -0.3 is 14.2 Å². The summed E-state index contributed by atoms with van der Waals surface area (Å²) in [5.41, 5.74) is 0. The van der Waals surface area contributed by atoms with E-state index in [9.17, 15) is 0 Å². The zero-order valence-electron chi connectivity index (χ0n) is 9.23. The van der Waals surface area contributed by atoms with Gasteiger partial charge in [-0.1, -0.05) is 20.3 Å². The molecule has 0 amide bonds. The fraction of sp³-hybridized carbons (Fsp3) is 1.00. The van der Waals surface area contributed by atoms with Gasteiger partial charge in [-0.2, -0.15) is 0 Å². The summed E-state index contributed by atoms with van der Waals surface area (Å²) in [5, 5.41) is 0. The first kappa shape index (κ1) is 10.4. The Bertz CT molecular complexity index is 195. The number of hydrogen-bond acceptors (Lipinski definition) is 3. The molecule has 2 aliphatic heterocycles. The second-order valence-corrected chi connectivity index (χ2v) is 4.40. The number of fused-ring (bicyclic) bond motifs is 1. The molecule has 82 valence electrons. The van der Waals surface area contributed by atoms with Crippen molar-refractivity contribution in [3.63, 3.8) is 0 Å². The monoisotopic (exact) mass is 200 g/mol. The molecular formula is C11H20O3. The molecule has 0 aromatic rings. The van der Waals surface area contributed by atoms with Crippen molar-refractivity contribution in [1.82, 2.24) is 0 Å². The molecule has 2 aliphatic rings. The topological polar surface area (TPSA) is 27.7 Å². The Morgan fingerprint density at radius 1 is 1.14 bits per heavy atom. The van der Waals surface area contributed by atoms with E-state index in [1.807, 2.05) is 6.92 Å². The smallest absolute Gasteiger partial charge is 0.155 e. The Hall–Kier alpha value is -0.120. The van der Waals surface area contributed by atoms with Gasteiger partial charge in [0.15, 0.2) is 6.29 Å². The first-order valence-corrected chi connectivity index (χ1v) is 5.61. The van der Waals surface area contributed by atoms with Gasteiger partial charge >= 0.3 is 0 Å². The average molecular weight is 200 g/mol. The fourth-order valence-electron chi connectivity index (χ4n) is 2.44. The van der Waals surface area contributed by atoms with Crippen LogP contribution in [0.15, 0.2) is 0 Å². The minimum atomic E-state index is -0.0714. The zero-order valence-corrected chi connectivity index (χ0v) is 9.23. The molecule has 3 heteroatoms. The Balaban J connectivity index is 2.02. The van der Waals surface area contributed by atoms with E-state index in [2.05, 4.69) is 13.8 Å². The van der Waals surface area contributed by atoms with Gasteiger partial charge in [0.1, 0.15) is 6.10 Å². The van der Waals surface area contributed by atoms with Crippen LogP contribution in [0.25, 0.3) is 0 Å².